The number of rotatable bonds is 6. The number of Topliss-reactive ketones (excluding diaryl/α,β-unsaturated/α-hetero) is 1. The van der Waals surface area contributed by atoms with Gasteiger partial charge in [-0.05, 0) is 72.7 Å². The highest BCUT2D eigenvalue weighted by Crippen LogP contribution is 2.59. The number of carbonyl (C=O) groups is 3. The molecule has 0 unspecified atom stereocenters. The van der Waals surface area contributed by atoms with E-state index in [0.717, 1.165) is 6.42 Å². The quantitative estimate of drug-likeness (QED) is 0.244. The number of aromatic nitrogens is 6. The van der Waals surface area contributed by atoms with E-state index in [1.165, 1.54) is 17.7 Å². The van der Waals surface area contributed by atoms with Gasteiger partial charge in [0.2, 0.25) is 11.8 Å². The van der Waals surface area contributed by atoms with Crippen molar-refractivity contribution in [3.05, 3.63) is 57.7 Å². The van der Waals surface area contributed by atoms with E-state index in [1.54, 1.807) is 44.1 Å². The van der Waals surface area contributed by atoms with Crippen LogP contribution in [0, 0.1) is 32.0 Å². The van der Waals surface area contributed by atoms with Gasteiger partial charge >= 0.3 is 0 Å². The first-order chi connectivity index (χ1) is 19.9. The van der Waals surface area contributed by atoms with Crippen molar-refractivity contribution in [2.75, 3.05) is 5.32 Å². The zero-order valence-electron chi connectivity index (χ0n) is 23.7. The van der Waals surface area contributed by atoms with Crippen molar-refractivity contribution in [2.24, 2.45) is 5.41 Å². The summed E-state index contributed by atoms with van der Waals surface area (Å²) in [6.07, 6.45) is 4.63. The molecule has 0 bridgehead atoms. The Bertz CT molecular complexity index is 1810. The van der Waals surface area contributed by atoms with Crippen molar-refractivity contribution in [3.63, 3.8) is 0 Å². The number of nitrogens with zero attached hydrogens (tertiary/aromatic N) is 7. The summed E-state index contributed by atoms with van der Waals surface area (Å²) in [6, 6.07) is 2.23. The van der Waals surface area contributed by atoms with Gasteiger partial charge in [0.25, 0.3) is 0 Å². The predicted molar refractivity (Wildman–Crippen MR) is 155 cm³/mol. The number of anilines is 1. The molecule has 1 N–H and O–H groups in total. The van der Waals surface area contributed by atoms with Crippen LogP contribution in [0.3, 0.4) is 0 Å². The van der Waals surface area contributed by atoms with Crippen molar-refractivity contribution in [1.29, 1.82) is 0 Å². The van der Waals surface area contributed by atoms with Gasteiger partial charge in [0.15, 0.2) is 11.6 Å². The SMILES string of the molecule is CC(=O)c1nn(CC(=O)N2[C@H](C(=O)Nc3nc(Br)c(F)cc3C)C[C@@]3(C)C[C@@H]23)c2c(C)nc(-c3cnc(C)nc3)cc12. The van der Waals surface area contributed by atoms with Gasteiger partial charge in [-0.2, -0.15) is 5.10 Å². The highest BCUT2D eigenvalue weighted by Gasteiger charge is 2.64. The second-order valence-corrected chi connectivity index (χ2v) is 12.1. The van der Waals surface area contributed by atoms with Crippen LogP contribution in [-0.4, -0.2) is 64.3 Å². The zero-order valence-corrected chi connectivity index (χ0v) is 25.3. The summed E-state index contributed by atoms with van der Waals surface area (Å²) >= 11 is 3.06. The van der Waals surface area contributed by atoms with Crippen LogP contribution in [-0.2, 0) is 16.1 Å². The standard InChI is InChI=1S/C29H28BrFN8O3/c1-13-6-19(31)26(30)35-27(13)36-28(42)21-8-29(5)9-22(29)39(21)23(41)12-38-25-14(2)34-20(17-10-32-16(4)33-11-17)7-18(25)24(37-38)15(3)40/h6-7,10-11,21-22H,8-9,12H2,1-5H3,(H,35,36,42)/t21-,22+,29-/m0/s1. The molecule has 42 heavy (non-hydrogen) atoms. The lowest BCUT2D eigenvalue weighted by atomic mass is 10.0. The molecule has 1 aliphatic heterocycles. The van der Waals surface area contributed by atoms with Crippen molar-refractivity contribution in [3.8, 4) is 11.3 Å². The fourth-order valence-electron chi connectivity index (χ4n) is 5.90. The summed E-state index contributed by atoms with van der Waals surface area (Å²) in [5.41, 5.74) is 2.98. The van der Waals surface area contributed by atoms with Gasteiger partial charge in [0.05, 0.1) is 16.9 Å². The number of fused-ring (bicyclic) bond motifs is 2. The number of hydrogen-bond donors (Lipinski definition) is 1. The van der Waals surface area contributed by atoms with Crippen molar-refractivity contribution in [1.82, 2.24) is 34.6 Å². The molecule has 2 aliphatic rings. The molecule has 1 aliphatic carbocycles. The first kappa shape index (κ1) is 28.0. The number of nitrogens with one attached hydrogen (secondary N) is 1. The van der Waals surface area contributed by atoms with E-state index in [0.29, 0.717) is 45.7 Å². The maximum atomic E-state index is 13.9. The maximum Gasteiger partial charge on any atom is 0.248 e. The first-order valence-corrected chi connectivity index (χ1v) is 14.3. The average molecular weight is 635 g/mol. The Morgan fingerprint density at radius 3 is 2.52 bits per heavy atom. The second kappa shape index (κ2) is 10.0. The Labute approximate surface area is 249 Å². The number of carbonyl (C=O) groups excluding carboxylic acids is 3. The van der Waals surface area contributed by atoms with Crippen LogP contribution in [0.1, 0.15) is 54.3 Å². The molecule has 1 saturated carbocycles. The summed E-state index contributed by atoms with van der Waals surface area (Å²) in [5, 5.41) is 7.89. The predicted octanol–water partition coefficient (Wildman–Crippen LogP) is 4.33. The van der Waals surface area contributed by atoms with E-state index < -0.39 is 11.9 Å². The fourth-order valence-corrected chi connectivity index (χ4v) is 6.19. The normalized spacial score (nSPS) is 21.0. The third-order valence-electron chi connectivity index (χ3n) is 8.19. The number of ketones is 1. The minimum atomic E-state index is -0.729. The van der Waals surface area contributed by atoms with Crippen LogP contribution in [0.4, 0.5) is 10.2 Å². The summed E-state index contributed by atoms with van der Waals surface area (Å²) < 4.78 is 15.4. The fraction of sp³-hybridized carbons (Fsp3) is 0.379. The van der Waals surface area contributed by atoms with Gasteiger partial charge in [-0.3, -0.25) is 24.0 Å². The molecule has 2 fully saturated rings. The molecule has 6 rings (SSSR count). The van der Waals surface area contributed by atoms with Crippen molar-refractivity contribution in [2.45, 2.75) is 66.1 Å². The number of amides is 2. The van der Waals surface area contributed by atoms with E-state index in [1.807, 2.05) is 0 Å². The lowest BCUT2D eigenvalue weighted by Gasteiger charge is -2.27. The molecule has 0 radical (unpaired) electrons. The molecule has 5 heterocycles. The minimum absolute atomic E-state index is 0.00793. The largest absolute Gasteiger partial charge is 0.325 e. The zero-order chi connectivity index (χ0) is 30.1. The molecule has 0 spiro atoms. The first-order valence-electron chi connectivity index (χ1n) is 13.5. The van der Waals surface area contributed by atoms with Gasteiger partial charge in [-0.1, -0.05) is 6.92 Å². The van der Waals surface area contributed by atoms with Crippen LogP contribution in [0.15, 0.2) is 29.1 Å². The number of halogens is 2. The third-order valence-corrected chi connectivity index (χ3v) is 8.74. The Balaban J connectivity index is 1.31. The molecule has 4 aromatic rings. The summed E-state index contributed by atoms with van der Waals surface area (Å²) in [6.45, 7) is 8.56. The molecule has 2 amide bonds. The molecule has 4 aromatic heterocycles. The number of likely N-dealkylation sites (tertiary alicyclic amines) is 1. The van der Waals surface area contributed by atoms with Gasteiger partial charge in [-0.25, -0.2) is 19.3 Å². The van der Waals surface area contributed by atoms with Crippen LogP contribution < -0.4 is 5.32 Å². The molecular formula is C29H28BrFN8O3. The van der Waals surface area contributed by atoms with Crippen LogP contribution >= 0.6 is 15.9 Å². The van der Waals surface area contributed by atoms with Crippen molar-refractivity contribution < 1.29 is 18.8 Å². The maximum absolute atomic E-state index is 13.9. The molecule has 3 atom stereocenters. The second-order valence-electron chi connectivity index (χ2n) is 11.4. The summed E-state index contributed by atoms with van der Waals surface area (Å²) in [7, 11) is 0. The Morgan fingerprint density at radius 1 is 1.12 bits per heavy atom. The van der Waals surface area contributed by atoms with Gasteiger partial charge in [0.1, 0.15) is 34.5 Å². The highest BCUT2D eigenvalue weighted by atomic mass is 79.9. The van der Waals surface area contributed by atoms with Crippen LogP contribution in [0.5, 0.6) is 0 Å². The van der Waals surface area contributed by atoms with E-state index in [2.05, 4.69) is 48.2 Å². The van der Waals surface area contributed by atoms with E-state index in [9.17, 15) is 18.8 Å². The topological polar surface area (TPSA) is 136 Å². The minimum Gasteiger partial charge on any atom is -0.325 e. The number of pyridine rings is 2. The monoisotopic (exact) mass is 634 g/mol. The molecule has 13 heteroatoms. The van der Waals surface area contributed by atoms with Gasteiger partial charge in [-0.15, -0.1) is 0 Å². The molecular weight excluding hydrogens is 607 g/mol. The highest BCUT2D eigenvalue weighted by molar-refractivity contribution is 9.10. The lowest BCUT2D eigenvalue weighted by Crippen LogP contribution is -2.47. The number of aryl methyl sites for hydroxylation is 3. The number of hydrogen-bond acceptors (Lipinski definition) is 8. The molecule has 0 aromatic carbocycles. The average Bonchev–Trinajstić information content (AvgIpc) is 3.28. The molecule has 216 valence electrons. The number of piperidine rings is 1. The van der Waals surface area contributed by atoms with E-state index in [-0.39, 0.29) is 51.7 Å². The van der Waals surface area contributed by atoms with Gasteiger partial charge in [0, 0.05) is 36.3 Å². The smallest absolute Gasteiger partial charge is 0.248 e. The third kappa shape index (κ3) is 4.75. The van der Waals surface area contributed by atoms with E-state index >= 15 is 0 Å². The lowest BCUT2D eigenvalue weighted by molar-refractivity contribution is -0.138. The van der Waals surface area contributed by atoms with Crippen LogP contribution in [0.25, 0.3) is 22.2 Å². The van der Waals surface area contributed by atoms with E-state index in [4.69, 9.17) is 4.98 Å². The molecule has 11 nitrogen and oxygen atoms in total. The van der Waals surface area contributed by atoms with Crippen LogP contribution in [0.2, 0.25) is 0 Å². The summed E-state index contributed by atoms with van der Waals surface area (Å²) in [4.78, 5) is 58.9. The Morgan fingerprint density at radius 2 is 1.83 bits per heavy atom. The summed E-state index contributed by atoms with van der Waals surface area (Å²) in [5.74, 6) is -0.594. The Hall–Kier alpha value is -4.13. The molecule has 1 saturated heterocycles. The van der Waals surface area contributed by atoms with Crippen molar-refractivity contribution >= 4 is 50.2 Å². The van der Waals surface area contributed by atoms with Gasteiger partial charge < -0.3 is 10.2 Å². The Kier molecular flexibility index (Phi) is 6.67.